The molecule has 0 radical (unpaired) electrons. The molecule has 3 rings (SSSR count). The molecule has 3 aromatic carbocycles. The fraction of sp³-hybridized carbons (Fsp3) is 0.333. The fourth-order valence-electron chi connectivity index (χ4n) is 4.34. The third-order valence-electron chi connectivity index (χ3n) is 6.48. The smallest absolute Gasteiger partial charge is 0.354 e. The van der Waals surface area contributed by atoms with E-state index in [-0.39, 0.29) is 18.7 Å². The van der Waals surface area contributed by atoms with Crippen molar-refractivity contribution in [3.05, 3.63) is 100 Å². The second-order valence-corrected chi connectivity index (χ2v) is 12.6. The molecule has 0 spiro atoms. The van der Waals surface area contributed by atoms with Crippen LogP contribution in [-0.2, 0) is 38.8 Å². The Balaban J connectivity index is 2.06. The minimum Gasteiger partial charge on any atom is -0.354 e. The third-order valence-corrected chi connectivity index (χ3v) is 8.12. The summed E-state index contributed by atoms with van der Waals surface area (Å²) in [7, 11) is -4.20. The van der Waals surface area contributed by atoms with E-state index >= 15 is 0 Å². The van der Waals surface area contributed by atoms with Crippen molar-refractivity contribution >= 4 is 43.5 Å². The average molecular weight is 669 g/mol. The SMILES string of the molecule is CCCCNC(=O)[C@H](Cc1ccccc1)N(Cc1cccc(Br)c1)C(=O)CN(c1cccc(C(F)(F)F)c1)S(C)(=O)=O. The first-order chi connectivity index (χ1) is 19.8. The summed E-state index contributed by atoms with van der Waals surface area (Å²) in [5, 5.41) is 2.88. The van der Waals surface area contributed by atoms with E-state index in [9.17, 15) is 31.2 Å². The van der Waals surface area contributed by atoms with E-state index in [2.05, 4.69) is 21.2 Å². The molecule has 0 aliphatic heterocycles. The zero-order valence-corrected chi connectivity index (χ0v) is 25.7. The maximum atomic E-state index is 14.0. The number of anilines is 1. The molecular weight excluding hydrogens is 635 g/mol. The molecule has 2 amide bonds. The Hall–Kier alpha value is -3.38. The monoisotopic (exact) mass is 667 g/mol. The number of nitrogens with one attached hydrogen (secondary N) is 1. The summed E-state index contributed by atoms with van der Waals surface area (Å²) >= 11 is 3.41. The first kappa shape index (κ1) is 33.1. The highest BCUT2D eigenvalue weighted by Gasteiger charge is 2.35. The van der Waals surface area contributed by atoms with Crippen molar-refractivity contribution in [1.29, 1.82) is 0 Å². The molecule has 0 aliphatic carbocycles. The molecular formula is C30H33BrF3N3O4S. The van der Waals surface area contributed by atoms with Crippen LogP contribution in [0, 0.1) is 0 Å². The standard InChI is InChI=1S/C30H33BrF3N3O4S/c1-3-4-16-35-29(39)27(18-22-10-6-5-7-11-22)36(20-23-12-8-14-25(31)17-23)28(38)21-37(42(2,40)41)26-15-9-13-24(19-26)30(32,33)34/h5-15,17,19,27H,3-4,16,18,20-21H2,1-2H3,(H,35,39)/t27-/m0/s1. The van der Waals surface area contributed by atoms with E-state index in [0.717, 1.165) is 41.3 Å². The van der Waals surface area contributed by atoms with E-state index < -0.39 is 46.2 Å². The number of amides is 2. The topological polar surface area (TPSA) is 86.8 Å². The minimum atomic E-state index is -4.71. The lowest BCUT2D eigenvalue weighted by atomic mass is 10.0. The van der Waals surface area contributed by atoms with Crippen molar-refractivity contribution in [3.8, 4) is 0 Å². The van der Waals surface area contributed by atoms with E-state index in [1.54, 1.807) is 36.4 Å². The molecule has 0 aliphatic rings. The van der Waals surface area contributed by atoms with E-state index in [4.69, 9.17) is 0 Å². The van der Waals surface area contributed by atoms with Crippen LogP contribution in [0.3, 0.4) is 0 Å². The number of unbranched alkanes of at least 4 members (excludes halogenated alkanes) is 1. The summed E-state index contributed by atoms with van der Waals surface area (Å²) in [6, 6.07) is 18.9. The van der Waals surface area contributed by atoms with Crippen LogP contribution in [0.1, 0.15) is 36.5 Å². The van der Waals surface area contributed by atoms with Crippen LogP contribution in [0.5, 0.6) is 0 Å². The molecule has 42 heavy (non-hydrogen) atoms. The maximum absolute atomic E-state index is 14.0. The zero-order valence-electron chi connectivity index (χ0n) is 23.3. The van der Waals surface area contributed by atoms with Crippen LogP contribution >= 0.6 is 15.9 Å². The molecule has 0 heterocycles. The molecule has 12 heteroatoms. The largest absolute Gasteiger partial charge is 0.416 e. The van der Waals surface area contributed by atoms with Gasteiger partial charge in [-0.1, -0.05) is 77.8 Å². The van der Waals surface area contributed by atoms with Gasteiger partial charge < -0.3 is 10.2 Å². The Morgan fingerprint density at radius 1 is 0.952 bits per heavy atom. The van der Waals surface area contributed by atoms with Crippen LogP contribution in [0.15, 0.2) is 83.3 Å². The second kappa shape index (κ2) is 14.7. The fourth-order valence-corrected chi connectivity index (χ4v) is 5.63. The maximum Gasteiger partial charge on any atom is 0.416 e. The first-order valence-electron chi connectivity index (χ1n) is 13.3. The van der Waals surface area contributed by atoms with Crippen LogP contribution < -0.4 is 9.62 Å². The van der Waals surface area contributed by atoms with E-state index in [0.29, 0.717) is 22.5 Å². The number of carbonyl (C=O) groups is 2. The molecule has 3 aromatic rings. The predicted octanol–water partition coefficient (Wildman–Crippen LogP) is 5.79. The molecule has 0 unspecified atom stereocenters. The Labute approximate surface area is 252 Å². The predicted molar refractivity (Wildman–Crippen MR) is 160 cm³/mol. The van der Waals surface area contributed by atoms with Gasteiger partial charge >= 0.3 is 6.18 Å². The van der Waals surface area contributed by atoms with Gasteiger partial charge in [0, 0.05) is 24.0 Å². The molecule has 226 valence electrons. The van der Waals surface area contributed by atoms with Crippen LogP contribution in [0.25, 0.3) is 0 Å². The van der Waals surface area contributed by atoms with Crippen molar-refractivity contribution < 1.29 is 31.2 Å². The summed E-state index contributed by atoms with van der Waals surface area (Å²) in [6.45, 7) is 1.52. The van der Waals surface area contributed by atoms with Crippen molar-refractivity contribution in [2.75, 3.05) is 23.7 Å². The van der Waals surface area contributed by atoms with Gasteiger partial charge in [0.25, 0.3) is 0 Å². The number of benzene rings is 3. The van der Waals surface area contributed by atoms with E-state index in [1.165, 1.54) is 11.0 Å². The van der Waals surface area contributed by atoms with Crippen molar-refractivity contribution in [2.24, 2.45) is 0 Å². The molecule has 0 aromatic heterocycles. The number of hydrogen-bond donors (Lipinski definition) is 1. The summed E-state index contributed by atoms with van der Waals surface area (Å²) in [5.41, 5.74) is 0.0829. The lowest BCUT2D eigenvalue weighted by Gasteiger charge is -2.33. The van der Waals surface area contributed by atoms with Crippen LogP contribution in [0.4, 0.5) is 18.9 Å². The quantitative estimate of drug-likeness (QED) is 0.234. The Morgan fingerprint density at radius 2 is 1.62 bits per heavy atom. The van der Waals surface area contributed by atoms with Gasteiger partial charge in [-0.2, -0.15) is 13.2 Å². The van der Waals surface area contributed by atoms with Crippen molar-refractivity contribution in [1.82, 2.24) is 10.2 Å². The van der Waals surface area contributed by atoms with Crippen molar-refractivity contribution in [2.45, 2.75) is 44.9 Å². The first-order valence-corrected chi connectivity index (χ1v) is 15.9. The second-order valence-electron chi connectivity index (χ2n) is 9.82. The third kappa shape index (κ3) is 9.59. The number of nitrogens with zero attached hydrogens (tertiary/aromatic N) is 2. The summed E-state index contributed by atoms with van der Waals surface area (Å²) in [4.78, 5) is 28.9. The van der Waals surface area contributed by atoms with Gasteiger partial charge in [0.2, 0.25) is 21.8 Å². The Morgan fingerprint density at radius 3 is 2.24 bits per heavy atom. The van der Waals surface area contributed by atoms with Gasteiger partial charge in [-0.25, -0.2) is 8.42 Å². The van der Waals surface area contributed by atoms with Crippen molar-refractivity contribution in [3.63, 3.8) is 0 Å². The molecule has 0 fully saturated rings. The van der Waals surface area contributed by atoms with E-state index in [1.807, 2.05) is 25.1 Å². The zero-order chi connectivity index (χ0) is 30.9. The molecule has 0 saturated carbocycles. The van der Waals surface area contributed by atoms with Gasteiger partial charge in [0.15, 0.2) is 0 Å². The molecule has 7 nitrogen and oxygen atoms in total. The highest BCUT2D eigenvalue weighted by molar-refractivity contribution is 9.10. The molecule has 1 atom stereocenters. The number of hydrogen-bond acceptors (Lipinski definition) is 4. The lowest BCUT2D eigenvalue weighted by molar-refractivity contribution is -0.140. The lowest BCUT2D eigenvalue weighted by Crippen LogP contribution is -2.53. The number of halogens is 4. The summed E-state index contributed by atoms with van der Waals surface area (Å²) < 4.78 is 67.3. The summed E-state index contributed by atoms with van der Waals surface area (Å²) in [6.07, 6.45) is -2.20. The van der Waals surface area contributed by atoms with Gasteiger partial charge in [-0.3, -0.25) is 13.9 Å². The van der Waals surface area contributed by atoms with Crippen LogP contribution in [-0.4, -0.2) is 50.5 Å². The highest BCUT2D eigenvalue weighted by atomic mass is 79.9. The number of rotatable bonds is 13. The Bertz CT molecular complexity index is 1470. The number of sulfonamides is 1. The van der Waals surface area contributed by atoms with Crippen LogP contribution in [0.2, 0.25) is 0 Å². The van der Waals surface area contributed by atoms with Gasteiger partial charge in [-0.15, -0.1) is 0 Å². The summed E-state index contributed by atoms with van der Waals surface area (Å²) in [5.74, 6) is -1.16. The highest BCUT2D eigenvalue weighted by Crippen LogP contribution is 2.32. The number of alkyl halides is 3. The van der Waals surface area contributed by atoms with Gasteiger partial charge in [0.05, 0.1) is 17.5 Å². The van der Waals surface area contributed by atoms with Gasteiger partial charge in [-0.05, 0) is 47.9 Å². The van der Waals surface area contributed by atoms with Gasteiger partial charge in [0.1, 0.15) is 12.6 Å². The molecule has 0 saturated heterocycles. The molecule has 1 N–H and O–H groups in total. The normalized spacial score (nSPS) is 12.4. The Kier molecular flexibility index (Phi) is 11.6. The molecule has 0 bridgehead atoms. The average Bonchev–Trinajstić information content (AvgIpc) is 2.93. The number of carbonyl (C=O) groups excluding carboxylic acids is 2. The minimum absolute atomic E-state index is 0.0445.